The monoisotopic (exact) mass is 224 g/mol. The molecule has 3 saturated heterocycles. The van der Waals surface area contributed by atoms with Crippen molar-refractivity contribution in [2.24, 2.45) is 5.73 Å². The second kappa shape index (κ2) is 4.61. The van der Waals surface area contributed by atoms with E-state index < -0.39 is 0 Å². The molecular formula is C12H24N4. The number of hydrogen-bond acceptors (Lipinski definition) is 4. The van der Waals surface area contributed by atoms with E-state index in [1.165, 1.54) is 45.4 Å². The number of rotatable bonds is 1. The van der Waals surface area contributed by atoms with E-state index in [0.29, 0.717) is 12.1 Å². The number of piperidine rings is 1. The SMILES string of the molecule is NC1CNCCC1N1CCN2CCC[C@@H]2C1. The molecule has 3 atom stereocenters. The van der Waals surface area contributed by atoms with E-state index in [2.05, 4.69) is 15.1 Å². The molecule has 0 aromatic heterocycles. The number of fused-ring (bicyclic) bond motifs is 1. The number of nitrogens with one attached hydrogen (secondary N) is 1. The van der Waals surface area contributed by atoms with Gasteiger partial charge in [-0.05, 0) is 32.4 Å². The molecule has 3 heterocycles. The van der Waals surface area contributed by atoms with Crippen molar-refractivity contribution in [2.45, 2.75) is 37.4 Å². The fourth-order valence-corrected chi connectivity index (χ4v) is 3.64. The summed E-state index contributed by atoms with van der Waals surface area (Å²) in [6.07, 6.45) is 4.03. The van der Waals surface area contributed by atoms with E-state index in [-0.39, 0.29) is 0 Å². The van der Waals surface area contributed by atoms with Gasteiger partial charge in [0, 0.05) is 44.3 Å². The van der Waals surface area contributed by atoms with Crippen LogP contribution >= 0.6 is 0 Å². The van der Waals surface area contributed by atoms with Crippen molar-refractivity contribution >= 4 is 0 Å². The maximum absolute atomic E-state index is 6.23. The summed E-state index contributed by atoms with van der Waals surface area (Å²) in [4.78, 5) is 5.33. The van der Waals surface area contributed by atoms with Gasteiger partial charge in [0.05, 0.1) is 0 Å². The van der Waals surface area contributed by atoms with Crippen LogP contribution in [0.15, 0.2) is 0 Å². The topological polar surface area (TPSA) is 44.5 Å². The first-order chi connectivity index (χ1) is 7.84. The van der Waals surface area contributed by atoms with Gasteiger partial charge in [0.25, 0.3) is 0 Å². The Bertz CT molecular complexity index is 245. The lowest BCUT2D eigenvalue weighted by Crippen LogP contribution is -2.62. The Morgan fingerprint density at radius 1 is 1.06 bits per heavy atom. The van der Waals surface area contributed by atoms with Gasteiger partial charge >= 0.3 is 0 Å². The van der Waals surface area contributed by atoms with Gasteiger partial charge in [0.15, 0.2) is 0 Å². The second-order valence-electron chi connectivity index (χ2n) is 5.55. The van der Waals surface area contributed by atoms with Crippen LogP contribution in [0, 0.1) is 0 Å². The Labute approximate surface area is 98.1 Å². The molecule has 0 radical (unpaired) electrons. The molecule has 0 saturated carbocycles. The molecule has 0 aromatic rings. The van der Waals surface area contributed by atoms with Gasteiger partial charge in [-0.25, -0.2) is 0 Å². The van der Waals surface area contributed by atoms with Gasteiger partial charge < -0.3 is 11.1 Å². The third kappa shape index (κ3) is 1.99. The van der Waals surface area contributed by atoms with Crippen molar-refractivity contribution in [3.63, 3.8) is 0 Å². The molecule has 16 heavy (non-hydrogen) atoms. The van der Waals surface area contributed by atoms with E-state index in [4.69, 9.17) is 5.73 Å². The van der Waals surface area contributed by atoms with E-state index in [9.17, 15) is 0 Å². The van der Waals surface area contributed by atoms with Crippen LogP contribution in [0.5, 0.6) is 0 Å². The zero-order valence-electron chi connectivity index (χ0n) is 10.1. The highest BCUT2D eigenvalue weighted by Crippen LogP contribution is 2.24. The zero-order chi connectivity index (χ0) is 11.0. The van der Waals surface area contributed by atoms with E-state index in [0.717, 1.165) is 19.1 Å². The molecule has 3 aliphatic rings. The quantitative estimate of drug-likeness (QED) is 0.628. The second-order valence-corrected chi connectivity index (χ2v) is 5.55. The number of nitrogens with two attached hydrogens (primary N) is 1. The lowest BCUT2D eigenvalue weighted by Gasteiger charge is -2.45. The molecule has 0 aliphatic carbocycles. The molecule has 4 heteroatoms. The predicted octanol–water partition coefficient (Wildman–Crippen LogP) is -0.544. The van der Waals surface area contributed by atoms with Gasteiger partial charge in [-0.15, -0.1) is 0 Å². The number of nitrogens with zero attached hydrogens (tertiary/aromatic N) is 2. The van der Waals surface area contributed by atoms with Crippen LogP contribution in [-0.4, -0.2) is 67.2 Å². The summed E-state index contributed by atoms with van der Waals surface area (Å²) >= 11 is 0. The first kappa shape index (κ1) is 11.0. The van der Waals surface area contributed by atoms with Gasteiger partial charge in [-0.3, -0.25) is 9.80 Å². The van der Waals surface area contributed by atoms with Gasteiger partial charge in [0.1, 0.15) is 0 Å². The Hall–Kier alpha value is -0.160. The van der Waals surface area contributed by atoms with Crippen LogP contribution in [0.1, 0.15) is 19.3 Å². The third-order valence-corrected chi connectivity index (χ3v) is 4.58. The van der Waals surface area contributed by atoms with Gasteiger partial charge in [0.2, 0.25) is 0 Å². The highest BCUT2D eigenvalue weighted by Gasteiger charge is 2.35. The molecule has 3 fully saturated rings. The lowest BCUT2D eigenvalue weighted by molar-refractivity contribution is 0.0524. The fourth-order valence-electron chi connectivity index (χ4n) is 3.64. The number of hydrogen-bond donors (Lipinski definition) is 2. The fraction of sp³-hybridized carbons (Fsp3) is 1.00. The number of piperazine rings is 1. The largest absolute Gasteiger partial charge is 0.325 e. The van der Waals surface area contributed by atoms with Crippen LogP contribution in [0.25, 0.3) is 0 Å². The van der Waals surface area contributed by atoms with Crippen LogP contribution in [-0.2, 0) is 0 Å². The highest BCUT2D eigenvalue weighted by atomic mass is 15.3. The minimum atomic E-state index is 0.335. The molecule has 92 valence electrons. The lowest BCUT2D eigenvalue weighted by atomic mass is 9.98. The molecule has 0 amide bonds. The summed E-state index contributed by atoms with van der Waals surface area (Å²) in [6, 6.07) is 1.79. The molecule has 0 spiro atoms. The summed E-state index contributed by atoms with van der Waals surface area (Å²) in [7, 11) is 0. The summed E-state index contributed by atoms with van der Waals surface area (Å²) < 4.78 is 0. The molecule has 0 bridgehead atoms. The van der Waals surface area contributed by atoms with Crippen LogP contribution < -0.4 is 11.1 Å². The van der Waals surface area contributed by atoms with Crippen LogP contribution in [0.4, 0.5) is 0 Å². The Morgan fingerprint density at radius 2 is 1.94 bits per heavy atom. The van der Waals surface area contributed by atoms with Gasteiger partial charge in [-0.2, -0.15) is 0 Å². The molecule has 2 unspecified atom stereocenters. The average molecular weight is 224 g/mol. The van der Waals surface area contributed by atoms with Crippen LogP contribution in [0.2, 0.25) is 0 Å². The molecular weight excluding hydrogens is 200 g/mol. The van der Waals surface area contributed by atoms with E-state index >= 15 is 0 Å². The Kier molecular flexibility index (Phi) is 3.16. The summed E-state index contributed by atoms with van der Waals surface area (Å²) in [5.74, 6) is 0. The summed E-state index contributed by atoms with van der Waals surface area (Å²) in [6.45, 7) is 7.23. The highest BCUT2D eigenvalue weighted by molar-refractivity contribution is 4.94. The van der Waals surface area contributed by atoms with Crippen molar-refractivity contribution in [1.82, 2.24) is 15.1 Å². The summed E-state index contributed by atoms with van der Waals surface area (Å²) in [5, 5.41) is 3.39. The molecule has 0 aromatic carbocycles. The Morgan fingerprint density at radius 3 is 2.81 bits per heavy atom. The first-order valence-electron chi connectivity index (χ1n) is 6.79. The maximum atomic E-state index is 6.23. The smallest absolute Gasteiger partial charge is 0.0324 e. The standard InChI is InChI=1S/C12H24N4/c13-11-8-14-4-3-12(11)16-7-6-15-5-1-2-10(15)9-16/h10-12,14H,1-9,13H2/t10-,11?,12?/m1/s1. The third-order valence-electron chi connectivity index (χ3n) is 4.58. The van der Waals surface area contributed by atoms with E-state index in [1.807, 2.05) is 0 Å². The van der Waals surface area contributed by atoms with Crippen molar-refractivity contribution < 1.29 is 0 Å². The normalized spacial score (nSPS) is 42.2. The van der Waals surface area contributed by atoms with Crippen molar-refractivity contribution in [3.05, 3.63) is 0 Å². The van der Waals surface area contributed by atoms with Gasteiger partial charge in [-0.1, -0.05) is 0 Å². The van der Waals surface area contributed by atoms with Crippen molar-refractivity contribution in [2.75, 3.05) is 39.3 Å². The first-order valence-corrected chi connectivity index (χ1v) is 6.79. The van der Waals surface area contributed by atoms with Crippen molar-refractivity contribution in [3.8, 4) is 0 Å². The molecule has 3 N–H and O–H groups in total. The predicted molar refractivity (Wildman–Crippen MR) is 65.4 cm³/mol. The molecule has 3 rings (SSSR count). The summed E-state index contributed by atoms with van der Waals surface area (Å²) in [5.41, 5.74) is 6.23. The Balaban J connectivity index is 1.62. The average Bonchev–Trinajstić information content (AvgIpc) is 2.76. The van der Waals surface area contributed by atoms with Crippen LogP contribution in [0.3, 0.4) is 0 Å². The molecule has 4 nitrogen and oxygen atoms in total. The van der Waals surface area contributed by atoms with Crippen molar-refractivity contribution in [1.29, 1.82) is 0 Å². The molecule has 3 aliphatic heterocycles. The minimum Gasteiger partial charge on any atom is -0.325 e. The van der Waals surface area contributed by atoms with E-state index in [1.54, 1.807) is 0 Å². The zero-order valence-corrected chi connectivity index (χ0v) is 10.1. The maximum Gasteiger partial charge on any atom is 0.0324 e. The minimum absolute atomic E-state index is 0.335.